The van der Waals surface area contributed by atoms with E-state index in [1.807, 2.05) is 23.0 Å². The van der Waals surface area contributed by atoms with Crippen LogP contribution in [0.25, 0.3) is 5.65 Å². The van der Waals surface area contributed by atoms with Crippen molar-refractivity contribution in [3.05, 3.63) is 24.8 Å². The van der Waals surface area contributed by atoms with Gasteiger partial charge in [-0.05, 0) is 19.3 Å². The number of aromatic nitrogens is 3. The first kappa shape index (κ1) is 14.2. The number of carbonyl (C=O) groups is 1. The average Bonchev–Trinajstić information content (AvgIpc) is 3.21. The van der Waals surface area contributed by atoms with Gasteiger partial charge in [0.1, 0.15) is 0 Å². The molecule has 1 atom stereocenters. The summed E-state index contributed by atoms with van der Waals surface area (Å²) >= 11 is 0. The van der Waals surface area contributed by atoms with Crippen molar-refractivity contribution in [2.24, 2.45) is 0 Å². The molecule has 0 radical (unpaired) electrons. The third-order valence-corrected chi connectivity index (χ3v) is 5.55. The van der Waals surface area contributed by atoms with Crippen LogP contribution >= 0.6 is 0 Å². The lowest BCUT2D eigenvalue weighted by molar-refractivity contribution is -0.132. The molecule has 2 aromatic rings. The zero-order valence-electron chi connectivity index (χ0n) is 13.7. The molecule has 0 spiro atoms. The van der Waals surface area contributed by atoms with Gasteiger partial charge in [0.05, 0.1) is 6.04 Å². The first-order valence-electron chi connectivity index (χ1n) is 8.88. The second kappa shape index (κ2) is 5.44. The van der Waals surface area contributed by atoms with Crippen molar-refractivity contribution >= 4 is 17.4 Å². The normalized spacial score (nSPS) is 25.8. The molecular weight excluding hydrogens is 304 g/mol. The second-order valence-corrected chi connectivity index (χ2v) is 7.00. The Kier molecular flexibility index (Phi) is 3.22. The maximum Gasteiger partial charge on any atom is 0.240 e. The molecule has 5 rings (SSSR count). The van der Waals surface area contributed by atoms with Crippen LogP contribution in [0.3, 0.4) is 0 Å². The van der Waals surface area contributed by atoms with Crippen LogP contribution in [0.5, 0.6) is 0 Å². The molecule has 126 valence electrons. The molecule has 3 aliphatic rings. The van der Waals surface area contributed by atoms with Crippen molar-refractivity contribution < 1.29 is 4.79 Å². The largest absolute Gasteiger partial charge is 0.351 e. The highest BCUT2D eigenvalue weighted by Gasteiger charge is 2.43. The Bertz CT molecular complexity index is 761. The highest BCUT2D eigenvalue weighted by Crippen LogP contribution is 2.32. The second-order valence-electron chi connectivity index (χ2n) is 7.00. The van der Waals surface area contributed by atoms with E-state index in [-0.39, 0.29) is 6.04 Å². The van der Waals surface area contributed by atoms with Gasteiger partial charge in [-0.25, -0.2) is 9.97 Å². The Hall–Kier alpha value is -2.15. The highest BCUT2D eigenvalue weighted by molar-refractivity contribution is 5.84. The van der Waals surface area contributed by atoms with Gasteiger partial charge in [-0.2, -0.15) is 0 Å². The predicted molar refractivity (Wildman–Crippen MR) is 89.9 cm³/mol. The van der Waals surface area contributed by atoms with E-state index in [1.54, 1.807) is 6.20 Å². The van der Waals surface area contributed by atoms with E-state index >= 15 is 0 Å². The lowest BCUT2D eigenvalue weighted by atomic mass is 10.2. The Morgan fingerprint density at radius 3 is 2.42 bits per heavy atom. The van der Waals surface area contributed by atoms with Gasteiger partial charge in [-0.15, -0.1) is 0 Å². The number of hydrogen-bond acceptors (Lipinski definition) is 5. The Labute approximate surface area is 140 Å². The SMILES string of the molecule is O=C1C(N2CCN(c3nccn4ccnc34)CC2)CCN1C1CC1. The molecule has 1 aliphatic carbocycles. The minimum absolute atomic E-state index is 0.0999. The first-order chi connectivity index (χ1) is 11.8. The standard InChI is InChI=1S/C17H22N6O/c24-17-14(3-6-23(17)13-1-2-13)20-9-11-22(12-10-20)16-15-18-4-7-21(15)8-5-19-16/h4-5,7-8,13-14H,1-3,6,9-12H2. The molecule has 2 aliphatic heterocycles. The van der Waals surface area contributed by atoms with Gasteiger partial charge in [-0.3, -0.25) is 9.69 Å². The van der Waals surface area contributed by atoms with Crippen molar-refractivity contribution in [1.82, 2.24) is 24.2 Å². The smallest absolute Gasteiger partial charge is 0.240 e. The summed E-state index contributed by atoms with van der Waals surface area (Å²) in [7, 11) is 0. The number of likely N-dealkylation sites (tertiary alicyclic amines) is 1. The molecule has 1 saturated carbocycles. The van der Waals surface area contributed by atoms with E-state index in [1.165, 1.54) is 12.8 Å². The molecule has 7 nitrogen and oxygen atoms in total. The number of amides is 1. The summed E-state index contributed by atoms with van der Waals surface area (Å²) < 4.78 is 2.00. The Morgan fingerprint density at radius 2 is 1.67 bits per heavy atom. The van der Waals surface area contributed by atoms with Gasteiger partial charge >= 0.3 is 0 Å². The van der Waals surface area contributed by atoms with Crippen LogP contribution in [0.1, 0.15) is 19.3 Å². The summed E-state index contributed by atoms with van der Waals surface area (Å²) in [5, 5.41) is 0. The minimum atomic E-state index is 0.0999. The number of fused-ring (bicyclic) bond motifs is 1. The quantitative estimate of drug-likeness (QED) is 0.827. The molecule has 2 aromatic heterocycles. The van der Waals surface area contributed by atoms with Gasteiger partial charge in [0, 0.05) is 63.6 Å². The molecule has 24 heavy (non-hydrogen) atoms. The monoisotopic (exact) mass is 326 g/mol. The molecule has 1 amide bonds. The summed E-state index contributed by atoms with van der Waals surface area (Å²) in [5.41, 5.74) is 0.905. The molecule has 3 fully saturated rings. The molecular formula is C17H22N6O. The highest BCUT2D eigenvalue weighted by atomic mass is 16.2. The molecule has 7 heteroatoms. The van der Waals surface area contributed by atoms with Gasteiger partial charge in [-0.1, -0.05) is 0 Å². The maximum absolute atomic E-state index is 12.6. The van der Waals surface area contributed by atoms with Crippen molar-refractivity contribution in [2.75, 3.05) is 37.6 Å². The van der Waals surface area contributed by atoms with Crippen LogP contribution < -0.4 is 4.90 Å². The van der Waals surface area contributed by atoms with Gasteiger partial charge < -0.3 is 14.2 Å². The van der Waals surface area contributed by atoms with E-state index in [0.717, 1.165) is 50.6 Å². The summed E-state index contributed by atoms with van der Waals surface area (Å²) in [5.74, 6) is 1.30. The molecule has 2 saturated heterocycles. The van der Waals surface area contributed by atoms with Crippen LogP contribution in [0.15, 0.2) is 24.8 Å². The molecule has 4 heterocycles. The summed E-state index contributed by atoms with van der Waals surface area (Å²) in [4.78, 5) is 28.4. The van der Waals surface area contributed by atoms with Crippen molar-refractivity contribution in [2.45, 2.75) is 31.3 Å². The van der Waals surface area contributed by atoms with Crippen molar-refractivity contribution in [3.63, 3.8) is 0 Å². The van der Waals surface area contributed by atoms with E-state index in [2.05, 4.69) is 24.7 Å². The van der Waals surface area contributed by atoms with Gasteiger partial charge in [0.2, 0.25) is 5.91 Å². The van der Waals surface area contributed by atoms with Crippen molar-refractivity contribution in [1.29, 1.82) is 0 Å². The summed E-state index contributed by atoms with van der Waals surface area (Å²) in [6.45, 7) is 4.57. The number of hydrogen-bond donors (Lipinski definition) is 0. The number of imidazole rings is 1. The van der Waals surface area contributed by atoms with Gasteiger partial charge in [0.25, 0.3) is 0 Å². The zero-order valence-corrected chi connectivity index (χ0v) is 13.7. The minimum Gasteiger partial charge on any atom is -0.351 e. The maximum atomic E-state index is 12.6. The average molecular weight is 326 g/mol. The van der Waals surface area contributed by atoms with Crippen molar-refractivity contribution in [3.8, 4) is 0 Å². The van der Waals surface area contributed by atoms with Crippen LogP contribution in [-0.4, -0.2) is 74.9 Å². The predicted octanol–water partition coefficient (Wildman–Crippen LogP) is 0.615. The zero-order chi connectivity index (χ0) is 16.1. The van der Waals surface area contributed by atoms with Crippen LogP contribution in [0.2, 0.25) is 0 Å². The first-order valence-corrected chi connectivity index (χ1v) is 8.88. The van der Waals surface area contributed by atoms with E-state index < -0.39 is 0 Å². The Balaban J connectivity index is 1.28. The molecule has 0 N–H and O–H groups in total. The van der Waals surface area contributed by atoms with Crippen LogP contribution in [0.4, 0.5) is 5.82 Å². The topological polar surface area (TPSA) is 57.0 Å². The Morgan fingerprint density at radius 1 is 0.917 bits per heavy atom. The van der Waals surface area contributed by atoms with Crippen LogP contribution in [-0.2, 0) is 4.79 Å². The third kappa shape index (κ3) is 2.26. The fourth-order valence-electron chi connectivity index (χ4n) is 4.08. The molecule has 0 aromatic carbocycles. The van der Waals surface area contributed by atoms with E-state index in [0.29, 0.717) is 11.9 Å². The fourth-order valence-corrected chi connectivity index (χ4v) is 4.08. The number of piperazine rings is 1. The molecule has 1 unspecified atom stereocenters. The van der Waals surface area contributed by atoms with E-state index in [4.69, 9.17) is 0 Å². The number of nitrogens with zero attached hydrogens (tertiary/aromatic N) is 6. The summed E-state index contributed by atoms with van der Waals surface area (Å²) in [6, 6.07) is 0.647. The van der Waals surface area contributed by atoms with Crippen LogP contribution in [0, 0.1) is 0 Å². The van der Waals surface area contributed by atoms with Gasteiger partial charge in [0.15, 0.2) is 11.5 Å². The lowest BCUT2D eigenvalue weighted by Crippen LogP contribution is -2.53. The number of rotatable bonds is 3. The van der Waals surface area contributed by atoms with E-state index in [9.17, 15) is 4.79 Å². The molecule has 0 bridgehead atoms. The number of anilines is 1. The fraction of sp³-hybridized carbons (Fsp3) is 0.588. The third-order valence-electron chi connectivity index (χ3n) is 5.55. The number of carbonyl (C=O) groups excluding carboxylic acids is 1. The summed E-state index contributed by atoms with van der Waals surface area (Å²) in [6.07, 6.45) is 10.9. The lowest BCUT2D eigenvalue weighted by Gasteiger charge is -2.37.